The van der Waals surface area contributed by atoms with E-state index in [-0.39, 0.29) is 23.9 Å². The van der Waals surface area contributed by atoms with E-state index < -0.39 is 12.2 Å². The second-order valence-electron chi connectivity index (χ2n) is 9.23. The van der Waals surface area contributed by atoms with Crippen LogP contribution in [-0.4, -0.2) is 80.7 Å². The zero-order valence-corrected chi connectivity index (χ0v) is 20.4. The molecule has 0 radical (unpaired) electrons. The van der Waals surface area contributed by atoms with Crippen molar-refractivity contribution in [3.05, 3.63) is 30.1 Å². The molecule has 1 saturated heterocycles. The SMILES string of the molecule is CC(=O)N(C)[C@H]1CC[C@H](Nc2nc(N3CCOCC3)nc(-n3c(C(F)F)nc4ccccc43)n2)CC1. The van der Waals surface area contributed by atoms with Crippen LogP contribution in [0, 0.1) is 0 Å². The summed E-state index contributed by atoms with van der Waals surface area (Å²) in [6.45, 7) is 3.84. The van der Waals surface area contributed by atoms with Gasteiger partial charge in [0.15, 0.2) is 5.82 Å². The van der Waals surface area contributed by atoms with Crippen molar-refractivity contribution in [1.82, 2.24) is 29.4 Å². The first kappa shape index (κ1) is 24.3. The maximum atomic E-state index is 14.0. The van der Waals surface area contributed by atoms with Crippen LogP contribution in [0.2, 0.25) is 0 Å². The first-order chi connectivity index (χ1) is 17.4. The van der Waals surface area contributed by atoms with Crippen molar-refractivity contribution >= 4 is 28.8 Å². The molecule has 192 valence electrons. The van der Waals surface area contributed by atoms with Crippen molar-refractivity contribution < 1.29 is 18.3 Å². The Bertz CT molecular complexity index is 1220. The molecular weight excluding hydrogens is 470 g/mol. The molecule has 5 rings (SSSR count). The van der Waals surface area contributed by atoms with Gasteiger partial charge in [0.1, 0.15) is 0 Å². The van der Waals surface area contributed by atoms with Gasteiger partial charge in [-0.2, -0.15) is 15.0 Å². The number of rotatable bonds is 6. The molecule has 10 nitrogen and oxygen atoms in total. The molecule has 0 spiro atoms. The molecule has 36 heavy (non-hydrogen) atoms. The maximum absolute atomic E-state index is 14.0. The standard InChI is InChI=1S/C24H30F2N8O2/c1-15(35)32(2)17-9-7-16(8-10-17)27-22-29-23(33-11-13-36-14-12-33)31-24(30-22)34-19-6-4-3-5-18(19)28-21(34)20(25)26/h3-6,16-17,20H,7-14H2,1-2H3,(H,27,29,30,31)/t16-,17-. The van der Waals surface area contributed by atoms with E-state index in [1.165, 1.54) is 4.57 Å². The van der Waals surface area contributed by atoms with E-state index in [4.69, 9.17) is 4.74 Å². The fraction of sp³-hybridized carbons (Fsp3) is 0.542. The van der Waals surface area contributed by atoms with Gasteiger partial charge in [-0.05, 0) is 37.8 Å². The summed E-state index contributed by atoms with van der Waals surface area (Å²) in [6.07, 6.45) is 0.609. The van der Waals surface area contributed by atoms with Crippen molar-refractivity contribution in [2.24, 2.45) is 0 Å². The number of fused-ring (bicyclic) bond motifs is 1. The van der Waals surface area contributed by atoms with Gasteiger partial charge in [0.25, 0.3) is 6.43 Å². The Morgan fingerprint density at radius 3 is 2.44 bits per heavy atom. The highest BCUT2D eigenvalue weighted by molar-refractivity contribution is 5.77. The van der Waals surface area contributed by atoms with Crippen LogP contribution in [0.1, 0.15) is 44.9 Å². The third kappa shape index (κ3) is 4.95. The number of alkyl halides is 2. The largest absolute Gasteiger partial charge is 0.378 e. The number of carbonyl (C=O) groups excluding carboxylic acids is 1. The number of benzene rings is 1. The second kappa shape index (κ2) is 10.3. The molecule has 2 aromatic heterocycles. The fourth-order valence-electron chi connectivity index (χ4n) is 4.87. The van der Waals surface area contributed by atoms with E-state index in [9.17, 15) is 13.6 Å². The van der Waals surface area contributed by atoms with Crippen molar-refractivity contribution in [3.8, 4) is 5.95 Å². The average Bonchev–Trinajstić information content (AvgIpc) is 3.29. The summed E-state index contributed by atoms with van der Waals surface area (Å²) in [5.74, 6) is 0.500. The van der Waals surface area contributed by atoms with Crippen molar-refractivity contribution in [2.75, 3.05) is 43.6 Å². The van der Waals surface area contributed by atoms with E-state index in [1.807, 2.05) is 11.9 Å². The molecule has 0 bridgehead atoms. The summed E-state index contributed by atoms with van der Waals surface area (Å²) < 4.78 is 34.8. The van der Waals surface area contributed by atoms with Crippen LogP contribution >= 0.6 is 0 Å². The summed E-state index contributed by atoms with van der Waals surface area (Å²) in [5.41, 5.74) is 0.953. The number of halogens is 2. The first-order valence-electron chi connectivity index (χ1n) is 12.3. The summed E-state index contributed by atoms with van der Waals surface area (Å²) >= 11 is 0. The van der Waals surface area contributed by atoms with E-state index in [0.29, 0.717) is 49.2 Å². The molecule has 0 atom stereocenters. The van der Waals surface area contributed by atoms with Crippen LogP contribution < -0.4 is 10.2 Å². The van der Waals surface area contributed by atoms with E-state index in [2.05, 4.69) is 25.3 Å². The molecule has 3 heterocycles. The number of imidazole rings is 1. The Morgan fingerprint density at radius 2 is 1.75 bits per heavy atom. The fourth-order valence-corrected chi connectivity index (χ4v) is 4.87. The third-order valence-corrected chi connectivity index (χ3v) is 6.96. The molecule has 1 N–H and O–H groups in total. The van der Waals surface area contributed by atoms with Gasteiger partial charge in [-0.3, -0.25) is 9.36 Å². The van der Waals surface area contributed by atoms with Crippen LogP contribution in [0.25, 0.3) is 17.0 Å². The van der Waals surface area contributed by atoms with E-state index in [0.717, 1.165) is 25.7 Å². The van der Waals surface area contributed by atoms with Gasteiger partial charge in [-0.15, -0.1) is 0 Å². The Morgan fingerprint density at radius 1 is 1.06 bits per heavy atom. The van der Waals surface area contributed by atoms with Gasteiger partial charge >= 0.3 is 0 Å². The predicted octanol–water partition coefficient (Wildman–Crippen LogP) is 3.19. The number of nitrogens with zero attached hydrogens (tertiary/aromatic N) is 7. The lowest BCUT2D eigenvalue weighted by molar-refractivity contribution is -0.130. The number of ether oxygens (including phenoxy) is 1. The van der Waals surface area contributed by atoms with Gasteiger partial charge < -0.3 is 19.9 Å². The zero-order valence-electron chi connectivity index (χ0n) is 20.4. The number of hydrogen-bond acceptors (Lipinski definition) is 8. The number of carbonyl (C=O) groups is 1. The monoisotopic (exact) mass is 500 g/mol. The van der Waals surface area contributed by atoms with Gasteiger partial charge in [-0.25, -0.2) is 13.8 Å². The van der Waals surface area contributed by atoms with Gasteiger partial charge in [0, 0.05) is 39.1 Å². The topological polar surface area (TPSA) is 101 Å². The van der Waals surface area contributed by atoms with Crippen LogP contribution in [0.4, 0.5) is 20.7 Å². The van der Waals surface area contributed by atoms with Gasteiger partial charge in [0.05, 0.1) is 24.2 Å². The number of amides is 1. The van der Waals surface area contributed by atoms with E-state index >= 15 is 0 Å². The smallest absolute Gasteiger partial charge is 0.296 e. The quantitative estimate of drug-likeness (QED) is 0.551. The number of morpholine rings is 1. The Hall–Kier alpha value is -3.41. The number of hydrogen-bond donors (Lipinski definition) is 1. The number of aromatic nitrogens is 5. The van der Waals surface area contributed by atoms with E-state index in [1.54, 1.807) is 36.1 Å². The molecular formula is C24H30F2N8O2. The minimum Gasteiger partial charge on any atom is -0.378 e. The molecule has 12 heteroatoms. The molecule has 0 unspecified atom stereocenters. The molecule has 3 aromatic rings. The molecule has 1 aromatic carbocycles. The van der Waals surface area contributed by atoms with Gasteiger partial charge in [0.2, 0.25) is 23.8 Å². The number of anilines is 2. The molecule has 1 aliphatic heterocycles. The molecule has 1 amide bonds. The normalized spacial score (nSPS) is 20.6. The Balaban J connectivity index is 1.48. The van der Waals surface area contributed by atoms with Crippen molar-refractivity contribution in [2.45, 2.75) is 51.1 Å². The van der Waals surface area contributed by atoms with Gasteiger partial charge in [-0.1, -0.05) is 12.1 Å². The number of nitrogens with one attached hydrogen (secondary N) is 1. The van der Waals surface area contributed by atoms with Crippen molar-refractivity contribution in [3.63, 3.8) is 0 Å². The lowest BCUT2D eigenvalue weighted by Crippen LogP contribution is -2.41. The highest BCUT2D eigenvalue weighted by Gasteiger charge is 2.28. The first-order valence-corrected chi connectivity index (χ1v) is 12.3. The third-order valence-electron chi connectivity index (χ3n) is 6.96. The maximum Gasteiger partial charge on any atom is 0.296 e. The zero-order chi connectivity index (χ0) is 25.2. The minimum absolute atomic E-state index is 0.0612. The van der Waals surface area contributed by atoms with Crippen LogP contribution in [0.3, 0.4) is 0 Å². The summed E-state index contributed by atoms with van der Waals surface area (Å²) in [6, 6.07) is 7.26. The van der Waals surface area contributed by atoms with Crippen LogP contribution in [0.5, 0.6) is 0 Å². The second-order valence-corrected chi connectivity index (χ2v) is 9.23. The minimum atomic E-state index is -2.80. The summed E-state index contributed by atoms with van der Waals surface area (Å²) in [5, 5.41) is 3.40. The molecule has 2 aliphatic rings. The Kier molecular flexibility index (Phi) is 6.95. The van der Waals surface area contributed by atoms with Crippen LogP contribution in [0.15, 0.2) is 24.3 Å². The average molecular weight is 501 g/mol. The Labute approximate surface area is 207 Å². The number of para-hydroxylation sites is 2. The predicted molar refractivity (Wildman–Crippen MR) is 131 cm³/mol. The molecule has 1 aliphatic carbocycles. The molecule has 1 saturated carbocycles. The van der Waals surface area contributed by atoms with Crippen LogP contribution in [-0.2, 0) is 9.53 Å². The van der Waals surface area contributed by atoms with Crippen molar-refractivity contribution in [1.29, 1.82) is 0 Å². The lowest BCUT2D eigenvalue weighted by Gasteiger charge is -2.34. The summed E-state index contributed by atoms with van der Waals surface area (Å²) in [7, 11) is 1.84. The summed E-state index contributed by atoms with van der Waals surface area (Å²) in [4.78, 5) is 33.5. The highest BCUT2D eigenvalue weighted by Crippen LogP contribution is 2.29. The lowest BCUT2D eigenvalue weighted by atomic mass is 9.90. The highest BCUT2D eigenvalue weighted by atomic mass is 19.3. The molecule has 2 fully saturated rings.